The van der Waals surface area contributed by atoms with Gasteiger partial charge in [0.1, 0.15) is 0 Å². The second-order valence-corrected chi connectivity index (χ2v) is 4.35. The molecule has 0 aromatic carbocycles. The summed E-state index contributed by atoms with van der Waals surface area (Å²) in [6.45, 7) is 4.78. The lowest BCUT2D eigenvalue weighted by molar-refractivity contribution is 0.0606. The van der Waals surface area contributed by atoms with E-state index in [0.29, 0.717) is 5.92 Å². The molecule has 72 valence electrons. The van der Waals surface area contributed by atoms with Crippen LogP contribution >= 0.6 is 0 Å². The van der Waals surface area contributed by atoms with Crippen LogP contribution in [0.15, 0.2) is 0 Å². The summed E-state index contributed by atoms with van der Waals surface area (Å²) in [5.74, 6) is 1.35. The summed E-state index contributed by atoms with van der Waals surface area (Å²) < 4.78 is 0. The summed E-state index contributed by atoms with van der Waals surface area (Å²) in [6.07, 6.45) is 3.66. The molecule has 0 heterocycles. The molecular weight excluding hydrogens is 150 g/mol. The first-order valence-corrected chi connectivity index (χ1v) is 4.94. The Hall–Kier alpha value is -0.0800. The van der Waals surface area contributed by atoms with Crippen LogP contribution in [0.1, 0.15) is 33.1 Å². The molecule has 1 fully saturated rings. The Morgan fingerprint density at radius 1 is 1.42 bits per heavy atom. The van der Waals surface area contributed by atoms with Crippen molar-refractivity contribution in [3.8, 4) is 0 Å². The summed E-state index contributed by atoms with van der Waals surface area (Å²) in [6, 6.07) is 0. The van der Waals surface area contributed by atoms with E-state index >= 15 is 0 Å². The van der Waals surface area contributed by atoms with Crippen molar-refractivity contribution in [2.45, 2.75) is 38.6 Å². The number of rotatable bonds is 2. The molecular formula is C10H21NO. The molecule has 2 nitrogen and oxygen atoms in total. The van der Waals surface area contributed by atoms with Crippen LogP contribution in [-0.2, 0) is 0 Å². The molecule has 1 aliphatic carbocycles. The van der Waals surface area contributed by atoms with E-state index in [-0.39, 0.29) is 12.1 Å². The fourth-order valence-electron chi connectivity index (χ4n) is 2.38. The first-order chi connectivity index (χ1) is 5.64. The lowest BCUT2D eigenvalue weighted by Gasteiger charge is -2.43. The fourth-order valence-corrected chi connectivity index (χ4v) is 2.38. The van der Waals surface area contributed by atoms with E-state index in [9.17, 15) is 5.11 Å². The molecule has 1 aliphatic rings. The Bertz CT molecular complexity index is 143. The monoisotopic (exact) mass is 171 g/mol. The third kappa shape index (κ3) is 1.64. The van der Waals surface area contributed by atoms with Crippen molar-refractivity contribution in [2.75, 3.05) is 13.7 Å². The van der Waals surface area contributed by atoms with Gasteiger partial charge in [0.05, 0.1) is 6.61 Å². The number of hydrogen-bond donors (Lipinski definition) is 2. The van der Waals surface area contributed by atoms with Crippen LogP contribution in [0, 0.1) is 11.8 Å². The lowest BCUT2D eigenvalue weighted by Crippen LogP contribution is -2.54. The molecule has 3 atom stereocenters. The van der Waals surface area contributed by atoms with Gasteiger partial charge in [-0.25, -0.2) is 0 Å². The maximum Gasteiger partial charge on any atom is 0.0615 e. The minimum Gasteiger partial charge on any atom is -0.394 e. The second kappa shape index (κ2) is 3.75. The van der Waals surface area contributed by atoms with Crippen molar-refractivity contribution in [3.05, 3.63) is 0 Å². The van der Waals surface area contributed by atoms with Crippen LogP contribution in [0.3, 0.4) is 0 Å². The van der Waals surface area contributed by atoms with E-state index in [1.165, 1.54) is 12.8 Å². The van der Waals surface area contributed by atoms with Crippen molar-refractivity contribution in [3.63, 3.8) is 0 Å². The third-order valence-corrected chi connectivity index (χ3v) is 3.53. The Kier molecular flexibility index (Phi) is 3.13. The Labute approximate surface area is 75.4 Å². The molecule has 2 heteroatoms. The highest BCUT2D eigenvalue weighted by Gasteiger charge is 2.38. The summed E-state index contributed by atoms with van der Waals surface area (Å²) >= 11 is 0. The maximum atomic E-state index is 9.37. The molecule has 0 aromatic rings. The van der Waals surface area contributed by atoms with E-state index in [4.69, 9.17) is 0 Å². The van der Waals surface area contributed by atoms with Crippen molar-refractivity contribution < 1.29 is 5.11 Å². The van der Waals surface area contributed by atoms with Gasteiger partial charge in [-0.2, -0.15) is 0 Å². The first-order valence-electron chi connectivity index (χ1n) is 4.94. The molecule has 2 N–H and O–H groups in total. The van der Waals surface area contributed by atoms with Crippen molar-refractivity contribution in [1.29, 1.82) is 0 Å². The van der Waals surface area contributed by atoms with E-state index < -0.39 is 0 Å². The highest BCUT2D eigenvalue weighted by Crippen LogP contribution is 2.36. The minimum absolute atomic E-state index is 0.00231. The van der Waals surface area contributed by atoms with Gasteiger partial charge in [-0.3, -0.25) is 0 Å². The SMILES string of the molecule is CNC1(CO)CC(C)CCC1C. The van der Waals surface area contributed by atoms with Gasteiger partial charge in [-0.1, -0.05) is 20.3 Å². The fraction of sp³-hybridized carbons (Fsp3) is 1.00. The van der Waals surface area contributed by atoms with Crippen molar-refractivity contribution in [2.24, 2.45) is 11.8 Å². The molecule has 0 spiro atoms. The number of nitrogens with one attached hydrogen (secondary N) is 1. The van der Waals surface area contributed by atoms with Crippen LogP contribution in [0.25, 0.3) is 0 Å². The van der Waals surface area contributed by atoms with Crippen LogP contribution in [0.4, 0.5) is 0 Å². The highest BCUT2D eigenvalue weighted by molar-refractivity contribution is 4.95. The zero-order valence-corrected chi connectivity index (χ0v) is 8.43. The zero-order valence-electron chi connectivity index (χ0n) is 8.43. The Morgan fingerprint density at radius 3 is 2.50 bits per heavy atom. The van der Waals surface area contributed by atoms with Crippen LogP contribution < -0.4 is 5.32 Å². The van der Waals surface area contributed by atoms with Gasteiger partial charge in [-0.15, -0.1) is 0 Å². The van der Waals surface area contributed by atoms with Crippen LogP contribution in [0.5, 0.6) is 0 Å². The largest absolute Gasteiger partial charge is 0.394 e. The predicted octanol–water partition coefficient (Wildman–Crippen LogP) is 1.39. The highest BCUT2D eigenvalue weighted by atomic mass is 16.3. The Morgan fingerprint density at radius 2 is 2.08 bits per heavy atom. The van der Waals surface area contributed by atoms with Crippen molar-refractivity contribution in [1.82, 2.24) is 5.32 Å². The smallest absolute Gasteiger partial charge is 0.0615 e. The molecule has 0 saturated heterocycles. The normalized spacial score (nSPS) is 43.0. The van der Waals surface area contributed by atoms with Gasteiger partial charge in [0, 0.05) is 5.54 Å². The average Bonchev–Trinajstić information content (AvgIpc) is 2.09. The summed E-state index contributed by atoms with van der Waals surface area (Å²) in [7, 11) is 1.96. The van der Waals surface area contributed by atoms with E-state index in [2.05, 4.69) is 19.2 Å². The number of likely N-dealkylation sites (N-methyl/N-ethyl adjacent to an activating group) is 1. The van der Waals surface area contributed by atoms with E-state index in [1.54, 1.807) is 0 Å². The van der Waals surface area contributed by atoms with Crippen LogP contribution in [0.2, 0.25) is 0 Å². The molecule has 0 aliphatic heterocycles. The van der Waals surface area contributed by atoms with Crippen LogP contribution in [-0.4, -0.2) is 24.3 Å². The standard InChI is InChI=1S/C10H21NO/c1-8-4-5-9(2)10(6-8,7-12)11-3/h8-9,11-12H,4-7H2,1-3H3. The van der Waals surface area contributed by atoms with Crippen molar-refractivity contribution >= 4 is 0 Å². The number of aliphatic hydroxyl groups is 1. The zero-order chi connectivity index (χ0) is 9.19. The summed E-state index contributed by atoms with van der Waals surface area (Å²) in [5.41, 5.74) is -0.00231. The van der Waals surface area contributed by atoms with Gasteiger partial charge in [0.15, 0.2) is 0 Å². The van der Waals surface area contributed by atoms with Gasteiger partial charge in [-0.05, 0) is 31.7 Å². The maximum absolute atomic E-state index is 9.37. The molecule has 1 saturated carbocycles. The van der Waals surface area contributed by atoms with Gasteiger partial charge in [0.2, 0.25) is 0 Å². The molecule has 1 rings (SSSR count). The quantitative estimate of drug-likeness (QED) is 0.658. The molecule has 0 amide bonds. The van der Waals surface area contributed by atoms with Gasteiger partial charge < -0.3 is 10.4 Å². The molecule has 0 bridgehead atoms. The molecule has 3 unspecified atom stereocenters. The van der Waals surface area contributed by atoms with E-state index in [0.717, 1.165) is 12.3 Å². The second-order valence-electron chi connectivity index (χ2n) is 4.35. The third-order valence-electron chi connectivity index (χ3n) is 3.53. The minimum atomic E-state index is -0.00231. The first kappa shape index (κ1) is 10.0. The summed E-state index contributed by atoms with van der Waals surface area (Å²) in [4.78, 5) is 0. The molecule has 0 aromatic heterocycles. The van der Waals surface area contributed by atoms with Gasteiger partial charge in [0.25, 0.3) is 0 Å². The summed E-state index contributed by atoms with van der Waals surface area (Å²) in [5, 5.41) is 12.7. The molecule has 12 heavy (non-hydrogen) atoms. The molecule has 0 radical (unpaired) electrons. The predicted molar refractivity (Wildman–Crippen MR) is 51.1 cm³/mol. The number of aliphatic hydroxyl groups excluding tert-OH is 1. The van der Waals surface area contributed by atoms with E-state index in [1.807, 2.05) is 7.05 Å². The lowest BCUT2D eigenvalue weighted by atomic mass is 9.70. The topological polar surface area (TPSA) is 32.3 Å². The van der Waals surface area contributed by atoms with Gasteiger partial charge >= 0.3 is 0 Å². The number of hydrogen-bond acceptors (Lipinski definition) is 2. The average molecular weight is 171 g/mol. The Balaban J connectivity index is 2.68.